The monoisotopic (exact) mass is 724 g/mol. The zero-order chi connectivity index (χ0) is 31.7. The van der Waals surface area contributed by atoms with Gasteiger partial charge in [-0.15, -0.1) is 0 Å². The molecule has 4 rings (SSSR count). The first-order chi connectivity index (χ1) is 22.1. The molecule has 5 atom stereocenters. The zero-order valence-corrected chi connectivity index (χ0v) is 30.7. The Morgan fingerprint density at radius 1 is 0.600 bits per heavy atom. The summed E-state index contributed by atoms with van der Waals surface area (Å²) < 4.78 is 30.6. The second-order valence-corrected chi connectivity index (χ2v) is 26.5. The van der Waals surface area contributed by atoms with Gasteiger partial charge in [0.15, 0.2) is 0 Å². The number of aliphatic hydroxyl groups excluding tert-OH is 1. The van der Waals surface area contributed by atoms with Gasteiger partial charge in [-0.3, -0.25) is 0 Å². The van der Waals surface area contributed by atoms with Crippen LogP contribution in [0.15, 0.2) is 91.0 Å². The summed E-state index contributed by atoms with van der Waals surface area (Å²) in [6.07, 6.45) is 5.05. The second-order valence-electron chi connectivity index (χ2n) is 12.8. The first kappa shape index (κ1) is 36.1. The predicted octanol–water partition coefficient (Wildman–Crippen LogP) is 8.89. The molecule has 0 aliphatic carbocycles. The molecule has 45 heavy (non-hydrogen) atoms. The van der Waals surface area contributed by atoms with E-state index in [1.54, 1.807) is 0 Å². The summed E-state index contributed by atoms with van der Waals surface area (Å²) in [5, 5.41) is 12.4. The molecule has 1 aliphatic heterocycles. The van der Waals surface area contributed by atoms with Gasteiger partial charge in [0.25, 0.3) is 0 Å². The molecule has 0 radical (unpaired) electrons. The van der Waals surface area contributed by atoms with Crippen molar-refractivity contribution >= 4 is 18.4 Å². The van der Waals surface area contributed by atoms with Crippen LogP contribution in [0.25, 0.3) is 0 Å². The Kier molecular flexibility index (Phi) is 15.9. The van der Waals surface area contributed by atoms with Crippen molar-refractivity contribution in [3.8, 4) is 0 Å². The fraction of sp³-hybridized carbons (Fsp3) is 0.538. The maximum atomic E-state index is 12.4. The summed E-state index contributed by atoms with van der Waals surface area (Å²) in [6, 6.07) is 30.8. The van der Waals surface area contributed by atoms with E-state index in [2.05, 4.69) is 57.2 Å². The van der Waals surface area contributed by atoms with Gasteiger partial charge >= 0.3 is 278 Å². The van der Waals surface area contributed by atoms with Crippen molar-refractivity contribution in [1.82, 2.24) is 0 Å². The first-order valence-corrected chi connectivity index (χ1v) is 25.1. The molecule has 6 heteroatoms. The van der Waals surface area contributed by atoms with Crippen molar-refractivity contribution in [2.24, 2.45) is 0 Å². The topological polar surface area (TPSA) is 57.2 Å². The van der Waals surface area contributed by atoms with E-state index >= 15 is 0 Å². The van der Waals surface area contributed by atoms with Crippen LogP contribution in [0.3, 0.4) is 0 Å². The Morgan fingerprint density at radius 3 is 1.47 bits per heavy atom. The molecule has 3 unspecified atom stereocenters. The maximum absolute atomic E-state index is 12.4. The Hall–Kier alpha value is -1.74. The van der Waals surface area contributed by atoms with Crippen molar-refractivity contribution in [2.75, 3.05) is 6.61 Å². The molecule has 1 aliphatic rings. The van der Waals surface area contributed by atoms with Gasteiger partial charge in [-0.25, -0.2) is 0 Å². The van der Waals surface area contributed by atoms with Gasteiger partial charge in [0.05, 0.1) is 0 Å². The van der Waals surface area contributed by atoms with Gasteiger partial charge in [-0.2, -0.15) is 0 Å². The summed E-state index contributed by atoms with van der Waals surface area (Å²) >= 11 is -3.10. The molecule has 1 fully saturated rings. The van der Waals surface area contributed by atoms with Crippen LogP contribution in [0.2, 0.25) is 13.3 Å². The number of rotatable bonds is 20. The number of benzene rings is 3. The van der Waals surface area contributed by atoms with Crippen molar-refractivity contribution < 1.29 is 24.1 Å². The molecule has 3 aromatic carbocycles. The van der Waals surface area contributed by atoms with Crippen molar-refractivity contribution in [1.29, 1.82) is 0 Å². The molecule has 1 heterocycles. The number of hydrogen-bond donors (Lipinski definition) is 1. The third-order valence-electron chi connectivity index (χ3n) is 9.31. The van der Waals surface area contributed by atoms with Crippen LogP contribution in [-0.2, 0) is 38.8 Å². The van der Waals surface area contributed by atoms with Crippen molar-refractivity contribution in [2.45, 2.75) is 121 Å². The Morgan fingerprint density at radius 2 is 1.02 bits per heavy atom. The molecule has 0 saturated carbocycles. The normalized spacial score (nSPS) is 22.0. The summed E-state index contributed by atoms with van der Waals surface area (Å²) in [5.41, 5.74) is 3.30. The van der Waals surface area contributed by atoms with Crippen LogP contribution >= 0.6 is 0 Å². The van der Waals surface area contributed by atoms with Gasteiger partial charge in [0.2, 0.25) is 0 Å². The fourth-order valence-electron chi connectivity index (χ4n) is 6.75. The fourth-order valence-corrected chi connectivity index (χ4v) is 24.3. The van der Waals surface area contributed by atoms with E-state index in [4.69, 9.17) is 18.9 Å². The van der Waals surface area contributed by atoms with Crippen LogP contribution in [0.4, 0.5) is 0 Å². The number of hydrogen-bond acceptors (Lipinski definition) is 5. The zero-order valence-electron chi connectivity index (χ0n) is 27.8. The summed E-state index contributed by atoms with van der Waals surface area (Å²) in [6.45, 7) is 8.59. The second kappa shape index (κ2) is 19.8. The van der Waals surface area contributed by atoms with E-state index in [0.29, 0.717) is 26.4 Å². The molecule has 0 amide bonds. The number of unbranched alkanes of at least 4 members (excludes halogenated alkanes) is 3. The molecule has 1 N–H and O–H groups in total. The third-order valence-corrected chi connectivity index (χ3v) is 25.7. The van der Waals surface area contributed by atoms with E-state index in [-0.39, 0.29) is 10.2 Å². The Labute approximate surface area is 276 Å². The van der Waals surface area contributed by atoms with Gasteiger partial charge in [-0.1, -0.05) is 0 Å². The molecular formula is C39H56O5Sn. The summed E-state index contributed by atoms with van der Waals surface area (Å²) in [7, 11) is 0. The predicted molar refractivity (Wildman–Crippen MR) is 186 cm³/mol. The van der Waals surface area contributed by atoms with E-state index in [0.717, 1.165) is 16.7 Å². The summed E-state index contributed by atoms with van der Waals surface area (Å²) in [4.78, 5) is 0. The molecule has 5 nitrogen and oxygen atoms in total. The Bertz CT molecular complexity index is 1160. The van der Waals surface area contributed by atoms with Gasteiger partial charge in [0.1, 0.15) is 0 Å². The molecule has 3 aromatic rings. The Balaban J connectivity index is 1.68. The van der Waals surface area contributed by atoms with Gasteiger partial charge in [-0.05, 0) is 0 Å². The molecule has 246 valence electrons. The third kappa shape index (κ3) is 10.9. The summed E-state index contributed by atoms with van der Waals surface area (Å²) in [5.74, 6) is 0. The molecule has 0 spiro atoms. The minimum atomic E-state index is -3.10. The molecular weight excluding hydrogens is 667 g/mol. The standard InChI is InChI=1S/C27H29O5.3C4H9.Sn/c28-24-19-30-25(20-29-16-21-10-4-1-5-11-21)27(32-18-23-14-8-3-9-15-23)26(24)31-17-22-12-6-2-7-13-22;3*1-3-4-2;/h1-15,19,24-28H,16-18,20H2;3*1,3-4H2,2H3;/t24?,25?,26?,27-;;;;/m1..../s1. The van der Waals surface area contributed by atoms with E-state index in [1.165, 1.54) is 51.8 Å². The van der Waals surface area contributed by atoms with Gasteiger partial charge < -0.3 is 0 Å². The van der Waals surface area contributed by atoms with Crippen LogP contribution in [0.1, 0.15) is 76.0 Å². The quantitative estimate of drug-likeness (QED) is 0.118. The molecule has 0 bridgehead atoms. The number of ether oxygens (including phenoxy) is 4. The van der Waals surface area contributed by atoms with Crippen molar-refractivity contribution in [3.63, 3.8) is 0 Å². The SMILES string of the molecule is CCC[CH2][Sn]([CH2]CCC)([CH2]CCC)[C@@H]1OC(COCc2ccccc2)[C@@H](OCc2ccccc2)C(OCc2ccccc2)C1O. The number of aliphatic hydroxyl groups is 1. The van der Waals surface area contributed by atoms with Crippen LogP contribution in [0, 0.1) is 0 Å². The molecule has 1 saturated heterocycles. The average Bonchev–Trinajstić information content (AvgIpc) is 3.09. The van der Waals surface area contributed by atoms with Crippen LogP contribution < -0.4 is 0 Å². The average molecular weight is 724 g/mol. The van der Waals surface area contributed by atoms with Crippen LogP contribution in [0.5, 0.6) is 0 Å². The molecule has 0 aromatic heterocycles. The first-order valence-electron chi connectivity index (χ1n) is 17.4. The van der Waals surface area contributed by atoms with Crippen LogP contribution in [-0.4, -0.2) is 58.6 Å². The minimum absolute atomic E-state index is 0.161. The van der Waals surface area contributed by atoms with Crippen molar-refractivity contribution in [3.05, 3.63) is 108 Å². The van der Waals surface area contributed by atoms with E-state index in [9.17, 15) is 5.11 Å². The van der Waals surface area contributed by atoms with E-state index in [1.807, 2.05) is 54.6 Å². The van der Waals surface area contributed by atoms with Gasteiger partial charge in [0, 0.05) is 0 Å². The van der Waals surface area contributed by atoms with E-state index < -0.39 is 36.7 Å².